The van der Waals surface area contributed by atoms with Crippen LogP contribution in [-0.2, 0) is 9.53 Å². The Bertz CT molecular complexity index is 116. The second-order valence-corrected chi connectivity index (χ2v) is 1.91. The highest BCUT2D eigenvalue weighted by molar-refractivity contribution is 5.38. The highest BCUT2D eigenvalue weighted by atomic mass is 16.5. The molecule has 0 bridgehead atoms. The van der Waals surface area contributed by atoms with Gasteiger partial charge in [0.15, 0.2) is 0 Å². The quantitative estimate of drug-likeness (QED) is 0.425. The lowest BCUT2D eigenvalue weighted by Crippen LogP contribution is -2.07. The number of rotatable bonds is 3. The molecule has 0 heterocycles. The summed E-state index contributed by atoms with van der Waals surface area (Å²) in [5.41, 5.74) is 1.07. The van der Waals surface area contributed by atoms with E-state index in [1.165, 1.54) is 0 Å². The van der Waals surface area contributed by atoms with Crippen molar-refractivity contribution in [1.82, 2.24) is 0 Å². The standard InChI is InChI=1S/C7H12O2/c1-4-6(2)7(3)9-5-8/h4-5,7H,1-3H3/b6-4+. The number of hydrogen-bond donors (Lipinski definition) is 0. The van der Waals surface area contributed by atoms with Gasteiger partial charge in [-0.25, -0.2) is 0 Å². The molecule has 0 saturated heterocycles. The molecule has 0 aliphatic rings. The molecule has 2 heteroatoms. The van der Waals surface area contributed by atoms with Gasteiger partial charge in [-0.3, -0.25) is 4.79 Å². The van der Waals surface area contributed by atoms with Crippen LogP contribution >= 0.6 is 0 Å². The van der Waals surface area contributed by atoms with Crippen molar-refractivity contribution in [2.45, 2.75) is 26.9 Å². The summed E-state index contributed by atoms with van der Waals surface area (Å²) < 4.78 is 4.65. The molecular weight excluding hydrogens is 116 g/mol. The van der Waals surface area contributed by atoms with Crippen molar-refractivity contribution in [2.24, 2.45) is 0 Å². The predicted octanol–water partition coefficient (Wildman–Crippen LogP) is 1.51. The third-order valence-corrected chi connectivity index (χ3v) is 1.36. The molecule has 0 rings (SSSR count). The molecule has 0 aliphatic carbocycles. The van der Waals surface area contributed by atoms with Gasteiger partial charge in [0.05, 0.1) is 0 Å². The maximum atomic E-state index is 9.79. The van der Waals surface area contributed by atoms with Crippen molar-refractivity contribution < 1.29 is 9.53 Å². The maximum Gasteiger partial charge on any atom is 0.293 e. The Hall–Kier alpha value is -0.790. The summed E-state index contributed by atoms with van der Waals surface area (Å²) in [5, 5.41) is 0. The zero-order chi connectivity index (χ0) is 7.28. The number of carbonyl (C=O) groups excluding carboxylic acids is 1. The maximum absolute atomic E-state index is 9.79. The van der Waals surface area contributed by atoms with Crippen LogP contribution in [0.2, 0.25) is 0 Å². The van der Waals surface area contributed by atoms with Crippen molar-refractivity contribution in [1.29, 1.82) is 0 Å². The minimum atomic E-state index is -0.0764. The van der Waals surface area contributed by atoms with Crippen LogP contribution in [0.3, 0.4) is 0 Å². The Labute approximate surface area is 55.5 Å². The monoisotopic (exact) mass is 128 g/mol. The highest BCUT2D eigenvalue weighted by Crippen LogP contribution is 2.02. The van der Waals surface area contributed by atoms with Gasteiger partial charge < -0.3 is 4.74 Å². The van der Waals surface area contributed by atoms with Crippen molar-refractivity contribution in [3.8, 4) is 0 Å². The zero-order valence-electron chi connectivity index (χ0n) is 6.05. The summed E-state index contributed by atoms with van der Waals surface area (Å²) in [6.45, 7) is 6.15. The van der Waals surface area contributed by atoms with Crippen molar-refractivity contribution in [3.63, 3.8) is 0 Å². The molecule has 0 aliphatic heterocycles. The molecule has 0 aromatic heterocycles. The number of allylic oxidation sites excluding steroid dienone is 1. The van der Waals surface area contributed by atoms with E-state index in [1.54, 1.807) is 0 Å². The third kappa shape index (κ3) is 2.90. The molecule has 0 radical (unpaired) electrons. The molecule has 0 N–H and O–H groups in total. The lowest BCUT2D eigenvalue weighted by molar-refractivity contribution is -0.131. The van der Waals surface area contributed by atoms with E-state index in [0.29, 0.717) is 6.47 Å². The van der Waals surface area contributed by atoms with Crippen molar-refractivity contribution in [2.75, 3.05) is 0 Å². The lowest BCUT2D eigenvalue weighted by Gasteiger charge is -2.07. The smallest absolute Gasteiger partial charge is 0.293 e. The van der Waals surface area contributed by atoms with Gasteiger partial charge in [-0.2, -0.15) is 0 Å². The first-order chi connectivity index (χ1) is 4.22. The van der Waals surface area contributed by atoms with Gasteiger partial charge in [-0.15, -0.1) is 0 Å². The number of hydrogen-bond acceptors (Lipinski definition) is 2. The van der Waals surface area contributed by atoms with Crippen LogP contribution in [0, 0.1) is 0 Å². The summed E-state index contributed by atoms with van der Waals surface area (Å²) >= 11 is 0. The minimum Gasteiger partial charge on any atom is -0.460 e. The zero-order valence-corrected chi connectivity index (χ0v) is 6.05. The van der Waals surface area contributed by atoms with E-state index in [-0.39, 0.29) is 6.10 Å². The Kier molecular flexibility index (Phi) is 3.76. The predicted molar refractivity (Wildman–Crippen MR) is 36.0 cm³/mol. The van der Waals surface area contributed by atoms with Gasteiger partial charge in [-0.1, -0.05) is 6.08 Å². The van der Waals surface area contributed by atoms with Crippen LogP contribution in [0.15, 0.2) is 11.6 Å². The Morgan fingerprint density at radius 2 is 2.22 bits per heavy atom. The van der Waals surface area contributed by atoms with Gasteiger partial charge in [0.2, 0.25) is 0 Å². The average molecular weight is 128 g/mol. The van der Waals surface area contributed by atoms with Crippen molar-refractivity contribution >= 4 is 6.47 Å². The molecule has 0 spiro atoms. The summed E-state index contributed by atoms with van der Waals surface area (Å²) in [6, 6.07) is 0. The topological polar surface area (TPSA) is 26.3 Å². The van der Waals surface area contributed by atoms with E-state index in [9.17, 15) is 4.79 Å². The molecule has 0 aromatic rings. The highest BCUT2D eigenvalue weighted by Gasteiger charge is 2.00. The molecule has 0 amide bonds. The first-order valence-electron chi connectivity index (χ1n) is 2.94. The molecule has 1 atom stereocenters. The fourth-order valence-corrected chi connectivity index (χ4v) is 0.425. The molecule has 2 nitrogen and oxygen atoms in total. The first-order valence-corrected chi connectivity index (χ1v) is 2.94. The minimum absolute atomic E-state index is 0.0764. The second-order valence-electron chi connectivity index (χ2n) is 1.91. The fourth-order valence-electron chi connectivity index (χ4n) is 0.425. The first kappa shape index (κ1) is 8.21. The second kappa shape index (κ2) is 4.13. The SMILES string of the molecule is C/C=C(\C)C(C)OC=O. The van der Waals surface area contributed by atoms with Gasteiger partial charge >= 0.3 is 0 Å². The summed E-state index contributed by atoms with van der Waals surface area (Å²) in [6.07, 6.45) is 1.85. The molecule has 0 fully saturated rings. The Balaban J connectivity index is 3.72. The van der Waals surface area contributed by atoms with Crippen molar-refractivity contribution in [3.05, 3.63) is 11.6 Å². The summed E-state index contributed by atoms with van der Waals surface area (Å²) in [5.74, 6) is 0. The van der Waals surface area contributed by atoms with E-state index >= 15 is 0 Å². The van der Waals surface area contributed by atoms with E-state index < -0.39 is 0 Å². The van der Waals surface area contributed by atoms with Crippen LogP contribution in [0.5, 0.6) is 0 Å². The van der Waals surface area contributed by atoms with Crippen LogP contribution < -0.4 is 0 Å². The lowest BCUT2D eigenvalue weighted by atomic mass is 10.2. The van der Waals surface area contributed by atoms with Crippen LogP contribution in [0.1, 0.15) is 20.8 Å². The molecule has 1 unspecified atom stereocenters. The van der Waals surface area contributed by atoms with E-state index in [4.69, 9.17) is 0 Å². The van der Waals surface area contributed by atoms with Gasteiger partial charge in [0.25, 0.3) is 6.47 Å². The van der Waals surface area contributed by atoms with E-state index in [2.05, 4.69) is 4.74 Å². The van der Waals surface area contributed by atoms with Crippen LogP contribution in [0.25, 0.3) is 0 Å². The molecule has 0 saturated carbocycles. The Morgan fingerprint density at radius 1 is 1.67 bits per heavy atom. The van der Waals surface area contributed by atoms with E-state index in [1.807, 2.05) is 26.8 Å². The van der Waals surface area contributed by atoms with Gasteiger partial charge in [0, 0.05) is 0 Å². The Morgan fingerprint density at radius 3 is 2.56 bits per heavy atom. The van der Waals surface area contributed by atoms with Crippen LogP contribution in [-0.4, -0.2) is 12.6 Å². The van der Waals surface area contributed by atoms with Gasteiger partial charge in [-0.05, 0) is 26.3 Å². The third-order valence-electron chi connectivity index (χ3n) is 1.36. The molecule has 52 valence electrons. The normalized spacial score (nSPS) is 14.8. The van der Waals surface area contributed by atoms with Crippen LogP contribution in [0.4, 0.5) is 0 Å². The van der Waals surface area contributed by atoms with E-state index in [0.717, 1.165) is 5.57 Å². The number of carbonyl (C=O) groups is 1. The van der Waals surface area contributed by atoms with Gasteiger partial charge in [0.1, 0.15) is 6.10 Å². The molecule has 9 heavy (non-hydrogen) atoms. The summed E-state index contributed by atoms with van der Waals surface area (Å²) in [7, 11) is 0. The largest absolute Gasteiger partial charge is 0.460 e. The fraction of sp³-hybridized carbons (Fsp3) is 0.571. The molecule has 0 aromatic carbocycles. The summed E-state index contributed by atoms with van der Waals surface area (Å²) in [4.78, 5) is 9.79. The molecular formula is C7H12O2. The average Bonchev–Trinajstić information content (AvgIpc) is 1.87. The number of ether oxygens (including phenoxy) is 1.